The molecule has 2 nitrogen and oxygen atoms in total. The van der Waals surface area contributed by atoms with Gasteiger partial charge >= 0.3 is 0 Å². The van der Waals surface area contributed by atoms with Crippen LogP contribution in [0, 0.1) is 0 Å². The molecule has 1 N–H and O–H groups in total. The van der Waals surface area contributed by atoms with E-state index in [-0.39, 0.29) is 18.4 Å². The lowest BCUT2D eigenvalue weighted by molar-refractivity contribution is -0.121. The van der Waals surface area contributed by atoms with Crippen LogP contribution in [-0.4, -0.2) is 5.91 Å². The molecule has 1 aliphatic rings. The first-order valence-corrected chi connectivity index (χ1v) is 8.21. The average Bonchev–Trinajstić information content (AvgIpc) is 2.51. The van der Waals surface area contributed by atoms with Gasteiger partial charge in [0.2, 0.25) is 5.91 Å². The third kappa shape index (κ3) is 3.29. The molecule has 0 aliphatic heterocycles. The summed E-state index contributed by atoms with van der Waals surface area (Å²) in [5.41, 5.74) is 3.25. The maximum atomic E-state index is 12.4. The fourth-order valence-electron chi connectivity index (χ4n) is 3.01. The molecule has 0 heterocycles. The van der Waals surface area contributed by atoms with E-state index in [9.17, 15) is 4.79 Å². The van der Waals surface area contributed by atoms with Gasteiger partial charge in [-0.2, -0.15) is 0 Å². The monoisotopic (exact) mass is 333 g/mol. The van der Waals surface area contributed by atoms with Crippen molar-refractivity contribution >= 4 is 29.1 Å². The van der Waals surface area contributed by atoms with E-state index in [1.807, 2.05) is 12.1 Å². The Kier molecular flexibility index (Phi) is 4.70. The van der Waals surface area contributed by atoms with Crippen LogP contribution in [-0.2, 0) is 17.6 Å². The van der Waals surface area contributed by atoms with Crippen molar-refractivity contribution in [1.82, 2.24) is 5.32 Å². The predicted octanol–water partition coefficient (Wildman–Crippen LogP) is 4.73. The Bertz CT molecular complexity index is 679. The molecule has 0 spiro atoms. The minimum absolute atomic E-state index is 0.0447. The van der Waals surface area contributed by atoms with Gasteiger partial charge in [0, 0.05) is 10.0 Å². The minimum atomic E-state index is -0.0447. The standard InChI is InChI=1S/C18H17Cl2NO/c19-15-8-4-9-16(20)14(15)11-18(22)21-17-10-3-6-12-5-1-2-7-13(12)17/h1-2,4-5,7-9,17H,3,6,10-11H2,(H,21,22)/t17-/m1/s1. The zero-order valence-corrected chi connectivity index (χ0v) is 13.6. The van der Waals surface area contributed by atoms with Crippen molar-refractivity contribution in [2.24, 2.45) is 0 Å². The number of benzene rings is 2. The molecule has 0 bridgehead atoms. The second kappa shape index (κ2) is 6.72. The lowest BCUT2D eigenvalue weighted by atomic mass is 9.87. The lowest BCUT2D eigenvalue weighted by Crippen LogP contribution is -2.32. The number of hydrogen-bond acceptors (Lipinski definition) is 1. The first-order valence-electron chi connectivity index (χ1n) is 7.45. The summed E-state index contributed by atoms with van der Waals surface area (Å²) in [6.07, 6.45) is 3.35. The van der Waals surface area contributed by atoms with Crippen LogP contribution in [0.4, 0.5) is 0 Å². The Balaban J connectivity index is 1.73. The highest BCUT2D eigenvalue weighted by Gasteiger charge is 2.22. The molecule has 0 unspecified atom stereocenters. The predicted molar refractivity (Wildman–Crippen MR) is 90.4 cm³/mol. The smallest absolute Gasteiger partial charge is 0.225 e. The summed E-state index contributed by atoms with van der Waals surface area (Å²) >= 11 is 12.3. The molecule has 1 amide bonds. The Hall–Kier alpha value is -1.51. The number of carbonyl (C=O) groups is 1. The van der Waals surface area contributed by atoms with Crippen molar-refractivity contribution in [3.63, 3.8) is 0 Å². The lowest BCUT2D eigenvalue weighted by Gasteiger charge is -2.26. The van der Waals surface area contributed by atoms with E-state index in [1.54, 1.807) is 18.2 Å². The van der Waals surface area contributed by atoms with Gasteiger partial charge in [0.1, 0.15) is 0 Å². The summed E-state index contributed by atoms with van der Waals surface area (Å²) in [5, 5.41) is 4.19. The minimum Gasteiger partial charge on any atom is -0.349 e. The highest BCUT2D eigenvalue weighted by molar-refractivity contribution is 6.36. The summed E-state index contributed by atoms with van der Waals surface area (Å²) in [5.74, 6) is -0.0447. The van der Waals surface area contributed by atoms with E-state index >= 15 is 0 Å². The van der Waals surface area contributed by atoms with Crippen molar-refractivity contribution in [3.05, 3.63) is 69.2 Å². The van der Waals surface area contributed by atoms with E-state index in [0.717, 1.165) is 19.3 Å². The molecule has 1 aliphatic carbocycles. The molecule has 0 saturated carbocycles. The maximum absolute atomic E-state index is 12.4. The molecule has 0 saturated heterocycles. The van der Waals surface area contributed by atoms with Crippen molar-refractivity contribution in [2.75, 3.05) is 0 Å². The highest BCUT2D eigenvalue weighted by atomic mass is 35.5. The molecule has 3 rings (SSSR count). The van der Waals surface area contributed by atoms with Crippen LogP contribution in [0.25, 0.3) is 0 Å². The Morgan fingerprint density at radius 1 is 1.09 bits per heavy atom. The number of nitrogens with one attached hydrogen (secondary N) is 1. The SMILES string of the molecule is O=C(Cc1c(Cl)cccc1Cl)N[C@@H]1CCCc2ccccc21. The quantitative estimate of drug-likeness (QED) is 0.864. The van der Waals surface area contributed by atoms with Gasteiger partial charge in [-0.15, -0.1) is 0 Å². The van der Waals surface area contributed by atoms with Gasteiger partial charge in [-0.25, -0.2) is 0 Å². The van der Waals surface area contributed by atoms with E-state index < -0.39 is 0 Å². The molecule has 2 aromatic rings. The van der Waals surface area contributed by atoms with Gasteiger partial charge in [0.15, 0.2) is 0 Å². The number of fused-ring (bicyclic) bond motifs is 1. The summed E-state index contributed by atoms with van der Waals surface area (Å²) < 4.78 is 0. The fraction of sp³-hybridized carbons (Fsp3) is 0.278. The molecule has 0 fully saturated rings. The number of hydrogen-bond donors (Lipinski definition) is 1. The van der Waals surface area contributed by atoms with Gasteiger partial charge in [0.25, 0.3) is 0 Å². The van der Waals surface area contributed by atoms with Crippen molar-refractivity contribution < 1.29 is 4.79 Å². The van der Waals surface area contributed by atoms with Gasteiger partial charge < -0.3 is 5.32 Å². The third-order valence-electron chi connectivity index (χ3n) is 4.10. The van der Waals surface area contributed by atoms with Crippen LogP contribution in [0.5, 0.6) is 0 Å². The Morgan fingerprint density at radius 3 is 2.59 bits per heavy atom. The molecule has 114 valence electrons. The van der Waals surface area contributed by atoms with Crippen LogP contribution in [0.3, 0.4) is 0 Å². The van der Waals surface area contributed by atoms with Crippen LogP contribution < -0.4 is 5.32 Å². The van der Waals surface area contributed by atoms with Gasteiger partial charge in [0.05, 0.1) is 12.5 Å². The first-order chi connectivity index (χ1) is 10.6. The zero-order valence-electron chi connectivity index (χ0n) is 12.1. The van der Waals surface area contributed by atoms with Crippen molar-refractivity contribution in [2.45, 2.75) is 31.7 Å². The Labute approximate surface area is 140 Å². The second-order valence-electron chi connectivity index (χ2n) is 5.59. The van der Waals surface area contributed by atoms with Gasteiger partial charge in [-0.3, -0.25) is 4.79 Å². The van der Waals surface area contributed by atoms with E-state index in [2.05, 4.69) is 17.4 Å². The summed E-state index contributed by atoms with van der Waals surface area (Å²) in [6.45, 7) is 0. The van der Waals surface area contributed by atoms with Crippen LogP contribution in [0.2, 0.25) is 10.0 Å². The van der Waals surface area contributed by atoms with Gasteiger partial charge in [-0.1, -0.05) is 53.5 Å². The topological polar surface area (TPSA) is 29.1 Å². The number of rotatable bonds is 3. The molecule has 0 radical (unpaired) electrons. The number of aryl methyl sites for hydroxylation is 1. The molecular formula is C18H17Cl2NO. The van der Waals surface area contributed by atoms with Crippen LogP contribution in [0.1, 0.15) is 35.6 Å². The number of carbonyl (C=O) groups excluding carboxylic acids is 1. The maximum Gasteiger partial charge on any atom is 0.225 e. The number of halogens is 2. The molecule has 4 heteroatoms. The van der Waals surface area contributed by atoms with Crippen LogP contribution >= 0.6 is 23.2 Å². The largest absolute Gasteiger partial charge is 0.349 e. The molecule has 1 atom stereocenters. The normalized spacial score (nSPS) is 16.9. The van der Waals surface area contributed by atoms with Crippen LogP contribution in [0.15, 0.2) is 42.5 Å². The first kappa shape index (κ1) is 15.4. The molecule has 22 heavy (non-hydrogen) atoms. The fourth-order valence-corrected chi connectivity index (χ4v) is 3.54. The van der Waals surface area contributed by atoms with Crippen molar-refractivity contribution in [1.29, 1.82) is 0 Å². The zero-order chi connectivity index (χ0) is 15.5. The van der Waals surface area contributed by atoms with Gasteiger partial charge in [-0.05, 0) is 48.1 Å². The molecule has 0 aromatic heterocycles. The highest BCUT2D eigenvalue weighted by Crippen LogP contribution is 2.30. The number of amides is 1. The average molecular weight is 334 g/mol. The summed E-state index contributed by atoms with van der Waals surface area (Å²) in [7, 11) is 0. The van der Waals surface area contributed by atoms with Crippen molar-refractivity contribution in [3.8, 4) is 0 Å². The molecular weight excluding hydrogens is 317 g/mol. The third-order valence-corrected chi connectivity index (χ3v) is 4.81. The van der Waals surface area contributed by atoms with E-state index in [0.29, 0.717) is 15.6 Å². The molecule has 2 aromatic carbocycles. The van der Waals surface area contributed by atoms with E-state index in [4.69, 9.17) is 23.2 Å². The summed E-state index contributed by atoms with van der Waals surface area (Å²) in [4.78, 5) is 12.4. The Morgan fingerprint density at radius 2 is 1.82 bits per heavy atom. The second-order valence-corrected chi connectivity index (χ2v) is 6.40. The summed E-state index contributed by atoms with van der Waals surface area (Å²) in [6, 6.07) is 13.7. The van der Waals surface area contributed by atoms with E-state index in [1.165, 1.54) is 11.1 Å².